The molecule has 0 aromatic carbocycles. The Hall–Kier alpha value is -1.95. The van der Waals surface area contributed by atoms with Gasteiger partial charge in [-0.05, 0) is 49.0 Å². The Morgan fingerprint density at radius 3 is 2.41 bits per heavy atom. The summed E-state index contributed by atoms with van der Waals surface area (Å²) in [6, 6.07) is 3.79. The van der Waals surface area contributed by atoms with Gasteiger partial charge in [-0.3, -0.25) is 4.99 Å². The van der Waals surface area contributed by atoms with Crippen LogP contribution in [-0.2, 0) is 0 Å². The van der Waals surface area contributed by atoms with E-state index in [-0.39, 0.29) is 6.10 Å². The average Bonchev–Trinajstić information content (AvgIpc) is 3.17. The minimum Gasteiger partial charge on any atom is -0.473 e. The maximum absolute atomic E-state index is 6.16. The van der Waals surface area contributed by atoms with E-state index in [2.05, 4.69) is 47.8 Å². The summed E-state index contributed by atoms with van der Waals surface area (Å²) in [6.45, 7) is 14.8. The van der Waals surface area contributed by atoms with Crippen LogP contribution in [0.2, 0.25) is 0 Å². The average molecular weight is 400 g/mol. The van der Waals surface area contributed by atoms with E-state index in [1.807, 2.05) is 19.1 Å². The number of ether oxygens (including phenoxy) is 1. The number of aliphatic imine (C=N–C) groups is 1. The van der Waals surface area contributed by atoms with Crippen molar-refractivity contribution in [1.82, 2.24) is 15.1 Å². The van der Waals surface area contributed by atoms with Crippen molar-refractivity contribution in [3.63, 3.8) is 0 Å². The zero-order valence-electron chi connectivity index (χ0n) is 18.9. The van der Waals surface area contributed by atoms with Gasteiger partial charge in [0.15, 0.2) is 0 Å². The van der Waals surface area contributed by atoms with Crippen molar-refractivity contribution in [3.05, 3.63) is 23.5 Å². The van der Waals surface area contributed by atoms with Crippen molar-refractivity contribution < 1.29 is 4.74 Å². The van der Waals surface area contributed by atoms with Crippen molar-refractivity contribution in [3.8, 4) is 5.88 Å². The topological polar surface area (TPSA) is 76.6 Å². The number of nitrogens with two attached hydrogens (primary N) is 1. The fraction of sp³-hybridized carbons (Fsp3) is 0.696. The minimum absolute atomic E-state index is 0.246. The summed E-state index contributed by atoms with van der Waals surface area (Å²) in [5.41, 5.74) is 8.49. The van der Waals surface area contributed by atoms with Gasteiger partial charge >= 0.3 is 0 Å². The second kappa shape index (κ2) is 8.82. The summed E-state index contributed by atoms with van der Waals surface area (Å²) in [5.74, 6) is 2.79. The first kappa shape index (κ1) is 21.8. The Morgan fingerprint density at radius 2 is 1.93 bits per heavy atom. The molecule has 1 saturated carbocycles. The molecule has 4 atom stereocenters. The lowest BCUT2D eigenvalue weighted by atomic mass is 9.82. The van der Waals surface area contributed by atoms with Crippen LogP contribution in [0.15, 0.2) is 22.8 Å². The zero-order valence-corrected chi connectivity index (χ0v) is 18.9. The van der Waals surface area contributed by atoms with Gasteiger partial charge in [0, 0.05) is 50.2 Å². The van der Waals surface area contributed by atoms with Gasteiger partial charge < -0.3 is 15.4 Å². The molecule has 0 bridgehead atoms. The van der Waals surface area contributed by atoms with E-state index in [4.69, 9.17) is 10.5 Å². The van der Waals surface area contributed by atoms with Crippen molar-refractivity contribution in [2.75, 3.05) is 26.7 Å². The largest absolute Gasteiger partial charge is 0.473 e. The van der Waals surface area contributed by atoms with Crippen LogP contribution in [0, 0.1) is 23.2 Å². The molecule has 2 unspecified atom stereocenters. The Morgan fingerprint density at radius 1 is 1.28 bits per heavy atom. The van der Waals surface area contributed by atoms with Crippen LogP contribution in [0.5, 0.6) is 5.88 Å². The standard InChI is InChI=1S/C23H37N5O/c1-15(23(3,4)5)12-28-13-17-9-19(10-18(17)14-28)29-22-8-7-21(26-27-22)20(11-25-6)16(2)24/h7-8,11,15,17-19H,9-10,12-14,24H2,1-6H3/t15?,17-,18+,19?. The van der Waals surface area contributed by atoms with E-state index in [1.165, 1.54) is 19.6 Å². The quantitative estimate of drug-likeness (QED) is 0.739. The zero-order chi connectivity index (χ0) is 21.2. The van der Waals surface area contributed by atoms with E-state index in [0.29, 0.717) is 22.9 Å². The summed E-state index contributed by atoms with van der Waals surface area (Å²) in [5, 5.41) is 8.56. The van der Waals surface area contributed by atoms with Crippen molar-refractivity contribution in [2.24, 2.45) is 33.9 Å². The molecular weight excluding hydrogens is 362 g/mol. The SMILES string of the molecule is CN=CC(=C(C)N)c1ccc(OC2C[C@@H]3CN(CC(C)C(C)(C)C)C[C@@H]3C2)nn1. The third-order valence-electron chi connectivity index (χ3n) is 6.68. The van der Waals surface area contributed by atoms with Crippen LogP contribution >= 0.6 is 0 Å². The molecule has 1 saturated heterocycles. The number of likely N-dealkylation sites (tertiary alicyclic amines) is 1. The molecular formula is C23H37N5O. The highest BCUT2D eigenvalue weighted by Gasteiger charge is 2.42. The Balaban J connectivity index is 1.53. The van der Waals surface area contributed by atoms with Gasteiger partial charge in [0.1, 0.15) is 6.10 Å². The lowest BCUT2D eigenvalue weighted by Gasteiger charge is -2.31. The van der Waals surface area contributed by atoms with Crippen LogP contribution < -0.4 is 10.5 Å². The molecule has 6 heteroatoms. The molecule has 3 rings (SSSR count). The van der Waals surface area contributed by atoms with Gasteiger partial charge in [-0.2, -0.15) is 0 Å². The lowest BCUT2D eigenvalue weighted by molar-refractivity contribution is 0.152. The summed E-state index contributed by atoms with van der Waals surface area (Å²) < 4.78 is 6.16. The van der Waals surface area contributed by atoms with E-state index in [9.17, 15) is 0 Å². The fourth-order valence-corrected chi connectivity index (χ4v) is 4.44. The first-order chi connectivity index (χ1) is 13.7. The number of hydrogen-bond acceptors (Lipinski definition) is 6. The Bertz CT molecular complexity index is 732. The molecule has 2 heterocycles. The van der Waals surface area contributed by atoms with Crippen LogP contribution in [0.25, 0.3) is 5.57 Å². The van der Waals surface area contributed by atoms with Crippen molar-refractivity contribution >= 4 is 11.8 Å². The number of fused-ring (bicyclic) bond motifs is 1. The number of aromatic nitrogens is 2. The molecule has 2 N–H and O–H groups in total. The molecule has 2 aliphatic rings. The summed E-state index contributed by atoms with van der Waals surface area (Å²) in [7, 11) is 1.72. The van der Waals surface area contributed by atoms with E-state index in [1.54, 1.807) is 13.3 Å². The molecule has 1 aliphatic carbocycles. The van der Waals surface area contributed by atoms with Gasteiger partial charge in [-0.15, -0.1) is 10.2 Å². The minimum atomic E-state index is 0.246. The molecule has 160 valence electrons. The molecule has 2 fully saturated rings. The maximum Gasteiger partial charge on any atom is 0.233 e. The summed E-state index contributed by atoms with van der Waals surface area (Å²) >= 11 is 0. The molecule has 0 amide bonds. The molecule has 6 nitrogen and oxygen atoms in total. The first-order valence-electron chi connectivity index (χ1n) is 10.8. The maximum atomic E-state index is 6.16. The highest BCUT2D eigenvalue weighted by atomic mass is 16.5. The molecule has 1 aliphatic heterocycles. The lowest BCUT2D eigenvalue weighted by Crippen LogP contribution is -2.33. The van der Waals surface area contributed by atoms with E-state index >= 15 is 0 Å². The first-order valence-corrected chi connectivity index (χ1v) is 10.8. The Kier molecular flexibility index (Phi) is 6.62. The van der Waals surface area contributed by atoms with Gasteiger partial charge in [0.25, 0.3) is 0 Å². The Labute approximate surface area is 175 Å². The molecule has 1 aromatic heterocycles. The monoisotopic (exact) mass is 399 g/mol. The normalized spacial score (nSPS) is 27.2. The summed E-state index contributed by atoms with van der Waals surface area (Å²) in [4.78, 5) is 6.70. The van der Waals surface area contributed by atoms with Crippen LogP contribution in [0.1, 0.15) is 53.2 Å². The third-order valence-corrected chi connectivity index (χ3v) is 6.68. The molecule has 0 radical (unpaired) electrons. The van der Waals surface area contributed by atoms with E-state index < -0.39 is 0 Å². The number of rotatable bonds is 6. The van der Waals surface area contributed by atoms with Crippen LogP contribution in [0.3, 0.4) is 0 Å². The second-order valence-electron chi connectivity index (χ2n) is 9.96. The predicted molar refractivity (Wildman–Crippen MR) is 119 cm³/mol. The van der Waals surface area contributed by atoms with Crippen LogP contribution in [0.4, 0.5) is 0 Å². The smallest absolute Gasteiger partial charge is 0.233 e. The number of nitrogens with zero attached hydrogens (tertiary/aromatic N) is 4. The molecule has 29 heavy (non-hydrogen) atoms. The van der Waals surface area contributed by atoms with Gasteiger partial charge in [0.05, 0.1) is 5.69 Å². The van der Waals surface area contributed by atoms with Crippen LogP contribution in [-0.4, -0.2) is 54.1 Å². The summed E-state index contributed by atoms with van der Waals surface area (Å²) in [6.07, 6.45) is 4.19. The van der Waals surface area contributed by atoms with Crippen molar-refractivity contribution in [1.29, 1.82) is 0 Å². The number of allylic oxidation sites excluding steroid dienone is 2. The van der Waals surface area contributed by atoms with Crippen molar-refractivity contribution in [2.45, 2.75) is 53.6 Å². The highest BCUT2D eigenvalue weighted by Crippen LogP contribution is 2.40. The third kappa shape index (κ3) is 5.35. The molecule has 0 spiro atoms. The van der Waals surface area contributed by atoms with Gasteiger partial charge in [-0.25, -0.2) is 0 Å². The number of hydrogen-bond donors (Lipinski definition) is 1. The van der Waals surface area contributed by atoms with Gasteiger partial charge in [-0.1, -0.05) is 27.7 Å². The fourth-order valence-electron chi connectivity index (χ4n) is 4.44. The van der Waals surface area contributed by atoms with E-state index in [0.717, 1.165) is 35.9 Å². The van der Waals surface area contributed by atoms with Gasteiger partial charge in [0.2, 0.25) is 5.88 Å². The highest BCUT2D eigenvalue weighted by molar-refractivity contribution is 6.09. The predicted octanol–water partition coefficient (Wildman–Crippen LogP) is 3.64. The molecule has 1 aromatic rings. The second-order valence-corrected chi connectivity index (χ2v) is 9.96.